The Balaban J connectivity index is 1.47. The van der Waals surface area contributed by atoms with E-state index in [1.807, 2.05) is 30.3 Å². The molecule has 0 aromatic heterocycles. The molecule has 6 nitrogen and oxygen atoms in total. The van der Waals surface area contributed by atoms with Crippen molar-refractivity contribution in [3.63, 3.8) is 0 Å². The van der Waals surface area contributed by atoms with Gasteiger partial charge in [-0.15, -0.1) is 0 Å². The van der Waals surface area contributed by atoms with Crippen molar-refractivity contribution in [3.05, 3.63) is 78.4 Å². The molecule has 0 radical (unpaired) electrons. The Morgan fingerprint density at radius 1 is 1.13 bits per heavy atom. The standard InChI is InChI=1S/C33H44N2O4/c1-4-21-35(3)22-20-32(28-15-11-16-30(37)23-28)24-29(18-19-33(32,25-35)39-26(2)36)34-31(38)17-10-6-9-14-27-12-7-5-8-13-27/h4-5,7-8,11-13,15-16,23,29H,1,6,9-10,14,17-22,24-25H2,2-3H3,(H-,34,37,38)/p+1/t29-,32-,33?,35-/m0/s1. The van der Waals surface area contributed by atoms with Crippen LogP contribution in [0.2, 0.25) is 0 Å². The number of rotatable bonds is 11. The van der Waals surface area contributed by atoms with E-state index in [9.17, 15) is 14.7 Å². The largest absolute Gasteiger partial charge is 0.508 e. The minimum Gasteiger partial charge on any atom is -0.508 e. The fourth-order valence-corrected chi connectivity index (χ4v) is 7.18. The second-order valence-electron chi connectivity index (χ2n) is 12.0. The maximum Gasteiger partial charge on any atom is 0.303 e. The van der Waals surface area contributed by atoms with E-state index in [0.717, 1.165) is 61.7 Å². The SMILES string of the molecule is C=CC[N@@+]1(C)CC[C@@]2(c3cccc(O)c3)C[C@@H](NC(=O)CCCCCc3ccccc3)CCC2(OC(C)=O)C1. The molecular formula is C33H45N2O4+. The maximum absolute atomic E-state index is 13.0. The molecule has 1 saturated carbocycles. The van der Waals surface area contributed by atoms with Crippen LogP contribution in [0.15, 0.2) is 67.3 Å². The van der Waals surface area contributed by atoms with Gasteiger partial charge in [-0.25, -0.2) is 0 Å². The number of amides is 1. The van der Waals surface area contributed by atoms with Gasteiger partial charge < -0.3 is 19.6 Å². The number of aromatic hydroxyl groups is 1. The third kappa shape index (κ3) is 6.73. The molecule has 4 rings (SSSR count). The zero-order chi connectivity index (χ0) is 27.9. The van der Waals surface area contributed by atoms with Gasteiger partial charge in [-0.3, -0.25) is 9.59 Å². The number of unbranched alkanes of at least 4 members (excludes halogenated alkanes) is 2. The number of benzene rings is 2. The number of carbonyl (C=O) groups excluding carboxylic acids is 2. The third-order valence-corrected chi connectivity index (χ3v) is 8.96. The smallest absolute Gasteiger partial charge is 0.303 e. The van der Waals surface area contributed by atoms with Gasteiger partial charge in [0.15, 0.2) is 5.60 Å². The third-order valence-electron chi connectivity index (χ3n) is 8.96. The van der Waals surface area contributed by atoms with Crippen molar-refractivity contribution in [1.29, 1.82) is 0 Å². The first kappa shape index (κ1) is 28.9. The van der Waals surface area contributed by atoms with Crippen LogP contribution in [0, 0.1) is 0 Å². The Bertz CT molecular complexity index is 1150. The second-order valence-corrected chi connectivity index (χ2v) is 12.0. The highest BCUT2D eigenvalue weighted by molar-refractivity contribution is 5.76. The van der Waals surface area contributed by atoms with Crippen LogP contribution in [0.5, 0.6) is 5.75 Å². The number of hydrogen-bond donors (Lipinski definition) is 2. The molecule has 1 aliphatic heterocycles. The number of fused-ring (bicyclic) bond motifs is 1. The Hall–Kier alpha value is -3.12. The normalized spacial score (nSPS) is 28.2. The molecule has 2 aliphatic rings. The van der Waals surface area contributed by atoms with E-state index in [4.69, 9.17) is 4.74 Å². The number of carbonyl (C=O) groups is 2. The lowest BCUT2D eigenvalue weighted by molar-refractivity contribution is -0.917. The van der Waals surface area contributed by atoms with E-state index in [1.165, 1.54) is 12.5 Å². The number of phenols is 1. The average molecular weight is 534 g/mol. The van der Waals surface area contributed by atoms with Crippen LogP contribution in [0.25, 0.3) is 0 Å². The van der Waals surface area contributed by atoms with E-state index in [-0.39, 0.29) is 23.7 Å². The van der Waals surface area contributed by atoms with Gasteiger partial charge in [0.2, 0.25) is 5.91 Å². The summed E-state index contributed by atoms with van der Waals surface area (Å²) in [5, 5.41) is 13.7. The summed E-state index contributed by atoms with van der Waals surface area (Å²) in [5.74, 6) is 0.00703. The predicted octanol–water partition coefficient (Wildman–Crippen LogP) is 5.44. The zero-order valence-electron chi connectivity index (χ0n) is 23.7. The van der Waals surface area contributed by atoms with Crippen molar-refractivity contribution >= 4 is 11.9 Å². The number of nitrogens with one attached hydrogen (secondary N) is 1. The van der Waals surface area contributed by atoms with Crippen molar-refractivity contribution in [1.82, 2.24) is 5.32 Å². The number of phenolic OH excluding ortho intramolecular Hbond substituents is 1. The number of nitrogens with zero attached hydrogens (tertiary/aromatic N) is 1. The number of hydrogen-bond acceptors (Lipinski definition) is 4. The average Bonchev–Trinajstić information content (AvgIpc) is 2.89. The highest BCUT2D eigenvalue weighted by atomic mass is 16.6. The topological polar surface area (TPSA) is 75.6 Å². The highest BCUT2D eigenvalue weighted by Gasteiger charge is 2.64. The lowest BCUT2D eigenvalue weighted by atomic mass is 9.54. The second kappa shape index (κ2) is 12.4. The van der Waals surface area contributed by atoms with Gasteiger partial charge in [-0.1, -0.05) is 55.5 Å². The van der Waals surface area contributed by atoms with Gasteiger partial charge in [0.25, 0.3) is 0 Å². The number of piperidine rings is 1. The molecule has 2 fully saturated rings. The van der Waals surface area contributed by atoms with Crippen LogP contribution in [0.4, 0.5) is 0 Å². The summed E-state index contributed by atoms with van der Waals surface area (Å²) in [7, 11) is 2.20. The first-order chi connectivity index (χ1) is 18.7. The summed E-state index contributed by atoms with van der Waals surface area (Å²) in [4.78, 5) is 25.5. The van der Waals surface area contributed by atoms with Crippen molar-refractivity contribution in [2.75, 3.05) is 26.7 Å². The quantitative estimate of drug-likeness (QED) is 0.175. The lowest BCUT2D eigenvalue weighted by Crippen LogP contribution is -2.72. The molecule has 2 aromatic rings. The van der Waals surface area contributed by atoms with Crippen molar-refractivity contribution in [2.24, 2.45) is 0 Å². The fourth-order valence-electron chi connectivity index (χ4n) is 7.18. The summed E-state index contributed by atoms with van der Waals surface area (Å²) in [6, 6.07) is 17.9. The summed E-state index contributed by atoms with van der Waals surface area (Å²) < 4.78 is 7.07. The van der Waals surface area contributed by atoms with Gasteiger partial charge in [0.05, 0.1) is 20.1 Å². The zero-order valence-corrected chi connectivity index (χ0v) is 23.7. The van der Waals surface area contributed by atoms with Gasteiger partial charge >= 0.3 is 5.97 Å². The van der Waals surface area contributed by atoms with E-state index in [2.05, 4.69) is 43.2 Å². The first-order valence-corrected chi connectivity index (χ1v) is 14.5. The molecule has 210 valence electrons. The molecule has 39 heavy (non-hydrogen) atoms. The molecule has 1 aliphatic carbocycles. The molecule has 1 saturated heterocycles. The molecule has 0 bridgehead atoms. The summed E-state index contributed by atoms with van der Waals surface area (Å²) >= 11 is 0. The number of aryl methyl sites for hydroxylation is 1. The van der Waals surface area contributed by atoms with Crippen molar-refractivity contribution in [3.8, 4) is 5.75 Å². The minimum atomic E-state index is -0.721. The summed E-state index contributed by atoms with van der Waals surface area (Å²) in [5.41, 5.74) is 1.10. The van der Waals surface area contributed by atoms with Gasteiger partial charge in [0.1, 0.15) is 12.3 Å². The van der Waals surface area contributed by atoms with Crippen LogP contribution in [-0.4, -0.2) is 59.8 Å². The van der Waals surface area contributed by atoms with Crippen LogP contribution in [0.3, 0.4) is 0 Å². The molecule has 6 heteroatoms. The van der Waals surface area contributed by atoms with Crippen molar-refractivity contribution in [2.45, 2.75) is 81.8 Å². The maximum atomic E-state index is 13.0. The Kier molecular flexibility index (Phi) is 9.16. The number of quaternary nitrogens is 1. The highest BCUT2D eigenvalue weighted by Crippen LogP contribution is 2.55. The minimum absolute atomic E-state index is 0.0101. The number of likely N-dealkylation sites (tertiary alicyclic amines) is 1. The predicted molar refractivity (Wildman–Crippen MR) is 154 cm³/mol. The number of ether oxygens (including phenoxy) is 1. The molecule has 1 heterocycles. The summed E-state index contributed by atoms with van der Waals surface area (Å²) in [6.07, 6.45) is 9.36. The molecular weight excluding hydrogens is 488 g/mol. The first-order valence-electron chi connectivity index (χ1n) is 14.5. The Morgan fingerprint density at radius 2 is 1.92 bits per heavy atom. The number of likely N-dealkylation sites (N-methyl/N-ethyl adjacent to an activating group) is 1. The van der Waals surface area contributed by atoms with Crippen LogP contribution >= 0.6 is 0 Å². The number of esters is 1. The lowest BCUT2D eigenvalue weighted by Gasteiger charge is -2.60. The van der Waals surface area contributed by atoms with E-state index in [1.54, 1.807) is 6.07 Å². The molecule has 4 atom stereocenters. The van der Waals surface area contributed by atoms with Gasteiger partial charge in [-0.05, 0) is 67.9 Å². The van der Waals surface area contributed by atoms with E-state index < -0.39 is 11.0 Å². The van der Waals surface area contributed by atoms with Crippen LogP contribution < -0.4 is 5.32 Å². The molecule has 1 unspecified atom stereocenters. The molecule has 2 N–H and O–H groups in total. The molecule has 2 aromatic carbocycles. The van der Waals surface area contributed by atoms with Gasteiger partial charge in [-0.2, -0.15) is 0 Å². The monoisotopic (exact) mass is 533 g/mol. The van der Waals surface area contributed by atoms with E-state index in [0.29, 0.717) is 25.8 Å². The fraction of sp³-hybridized carbons (Fsp3) is 0.515. The summed E-state index contributed by atoms with van der Waals surface area (Å²) in [6.45, 7) is 7.82. The Morgan fingerprint density at radius 3 is 2.64 bits per heavy atom. The molecule has 0 spiro atoms. The molecule has 1 amide bonds. The van der Waals surface area contributed by atoms with Crippen molar-refractivity contribution < 1.29 is 23.9 Å². The van der Waals surface area contributed by atoms with Gasteiger partial charge in [0, 0.05) is 31.2 Å². The van der Waals surface area contributed by atoms with Crippen LogP contribution in [-0.2, 0) is 26.2 Å². The Labute approximate surface area is 233 Å². The van der Waals surface area contributed by atoms with Crippen LogP contribution in [0.1, 0.15) is 69.4 Å². The van der Waals surface area contributed by atoms with E-state index >= 15 is 0 Å².